The Morgan fingerprint density at radius 1 is 1.00 bits per heavy atom. The second-order valence-corrected chi connectivity index (χ2v) is 7.67. The van der Waals surface area contributed by atoms with E-state index in [4.69, 9.17) is 18.9 Å². The van der Waals surface area contributed by atoms with Crippen molar-refractivity contribution in [2.24, 2.45) is 0 Å². The fourth-order valence-corrected chi connectivity index (χ4v) is 3.61. The van der Waals surface area contributed by atoms with Crippen molar-refractivity contribution >= 4 is 23.5 Å². The number of esters is 1. The average molecular weight is 454 g/mol. The Bertz CT molecular complexity index is 1010. The Morgan fingerprint density at radius 2 is 1.79 bits per heavy atom. The smallest absolute Gasteiger partial charge is 0.344 e. The number of anilines is 1. The third kappa shape index (κ3) is 6.15. The maximum absolute atomic E-state index is 11.9. The van der Waals surface area contributed by atoms with Gasteiger partial charge in [-0.25, -0.2) is 4.79 Å². The summed E-state index contributed by atoms with van der Waals surface area (Å²) in [4.78, 5) is 37.3. The summed E-state index contributed by atoms with van der Waals surface area (Å²) >= 11 is 0. The van der Waals surface area contributed by atoms with Crippen molar-refractivity contribution in [3.63, 3.8) is 0 Å². The van der Waals surface area contributed by atoms with Crippen LogP contribution in [0.5, 0.6) is 17.2 Å². The first kappa shape index (κ1) is 22.4. The quantitative estimate of drug-likeness (QED) is 0.577. The number of nitrogens with zero attached hydrogens (tertiary/aromatic N) is 1. The Morgan fingerprint density at radius 3 is 2.55 bits per heavy atom. The predicted molar refractivity (Wildman–Crippen MR) is 119 cm³/mol. The van der Waals surface area contributed by atoms with Crippen molar-refractivity contribution < 1.29 is 33.3 Å². The molecule has 0 aromatic heterocycles. The number of hydrogen-bond donors (Lipinski definition) is 1. The monoisotopic (exact) mass is 454 g/mol. The lowest BCUT2D eigenvalue weighted by atomic mass is 10.1. The van der Waals surface area contributed by atoms with Crippen LogP contribution in [-0.4, -0.2) is 57.3 Å². The van der Waals surface area contributed by atoms with Crippen LogP contribution in [0.1, 0.15) is 18.4 Å². The number of fused-ring (bicyclic) bond motifs is 1. The zero-order valence-corrected chi connectivity index (χ0v) is 18.2. The molecule has 0 unspecified atom stereocenters. The number of carbonyl (C=O) groups excluding carboxylic acids is 3. The Balaban J connectivity index is 1.12. The van der Waals surface area contributed by atoms with Crippen LogP contribution in [0, 0.1) is 0 Å². The molecule has 2 aromatic rings. The zero-order chi connectivity index (χ0) is 23.0. The molecule has 33 heavy (non-hydrogen) atoms. The van der Waals surface area contributed by atoms with Crippen molar-refractivity contribution in [3.05, 3.63) is 48.0 Å². The summed E-state index contributed by atoms with van der Waals surface area (Å²) in [6.45, 7) is 1.49. The van der Waals surface area contributed by atoms with Crippen LogP contribution < -0.4 is 24.4 Å². The van der Waals surface area contributed by atoms with Gasteiger partial charge in [-0.1, -0.05) is 6.07 Å². The van der Waals surface area contributed by atoms with Crippen molar-refractivity contribution in [1.29, 1.82) is 0 Å². The second kappa shape index (κ2) is 10.7. The molecule has 0 atom stereocenters. The molecule has 0 bridgehead atoms. The van der Waals surface area contributed by atoms with Crippen molar-refractivity contribution in [2.75, 3.05) is 44.4 Å². The zero-order valence-electron chi connectivity index (χ0n) is 18.2. The lowest BCUT2D eigenvalue weighted by molar-refractivity contribution is -0.150. The molecule has 0 spiro atoms. The molecule has 2 aromatic carbocycles. The summed E-state index contributed by atoms with van der Waals surface area (Å²) in [5.74, 6) is 0.985. The van der Waals surface area contributed by atoms with Crippen molar-refractivity contribution in [2.45, 2.75) is 19.3 Å². The van der Waals surface area contributed by atoms with E-state index in [1.807, 2.05) is 18.2 Å². The van der Waals surface area contributed by atoms with Gasteiger partial charge in [0.05, 0.1) is 0 Å². The molecular formula is C24H26N2O7. The highest BCUT2D eigenvalue weighted by Gasteiger charge is 2.21. The molecule has 1 N–H and O–H groups in total. The van der Waals surface area contributed by atoms with E-state index in [-0.39, 0.29) is 25.0 Å². The molecule has 2 amide bonds. The summed E-state index contributed by atoms with van der Waals surface area (Å²) in [7, 11) is 0. The Kier molecular flexibility index (Phi) is 7.29. The molecule has 0 aliphatic carbocycles. The van der Waals surface area contributed by atoms with Crippen molar-refractivity contribution in [3.8, 4) is 17.2 Å². The van der Waals surface area contributed by atoms with Crippen LogP contribution in [0.25, 0.3) is 0 Å². The number of ether oxygens (including phenoxy) is 4. The van der Waals surface area contributed by atoms with Crippen LogP contribution >= 0.6 is 0 Å². The van der Waals surface area contributed by atoms with E-state index >= 15 is 0 Å². The van der Waals surface area contributed by atoms with Gasteiger partial charge in [0.2, 0.25) is 5.91 Å². The fraction of sp³-hybridized carbons (Fsp3) is 0.375. The molecule has 174 valence electrons. The lowest BCUT2D eigenvalue weighted by Crippen LogP contribution is -2.31. The van der Waals surface area contributed by atoms with Gasteiger partial charge < -0.3 is 29.2 Å². The SMILES string of the molecule is O=C(COC(=O)COc1ccc(N2CCCC2=O)cc1)NCCc1ccc2c(c1)OCCO2. The topological polar surface area (TPSA) is 103 Å². The third-order valence-electron chi connectivity index (χ3n) is 5.29. The van der Waals surface area contributed by atoms with Gasteiger partial charge in [0.15, 0.2) is 24.7 Å². The number of rotatable bonds is 9. The van der Waals surface area contributed by atoms with E-state index in [0.717, 1.165) is 23.4 Å². The molecule has 1 fully saturated rings. The van der Waals surface area contributed by atoms with Gasteiger partial charge in [-0.15, -0.1) is 0 Å². The minimum atomic E-state index is -0.643. The molecule has 2 aliphatic rings. The molecule has 1 saturated heterocycles. The van der Waals surface area contributed by atoms with Crippen LogP contribution in [0.15, 0.2) is 42.5 Å². The van der Waals surface area contributed by atoms with Gasteiger partial charge in [0, 0.05) is 25.2 Å². The Hall–Kier alpha value is -3.75. The van der Waals surface area contributed by atoms with Crippen LogP contribution in [0.2, 0.25) is 0 Å². The summed E-state index contributed by atoms with van der Waals surface area (Å²) in [6.07, 6.45) is 2.03. The first-order valence-electron chi connectivity index (χ1n) is 10.9. The van der Waals surface area contributed by atoms with E-state index in [2.05, 4.69) is 5.32 Å². The van der Waals surface area contributed by atoms with Gasteiger partial charge in [-0.2, -0.15) is 0 Å². The van der Waals surface area contributed by atoms with Crippen LogP contribution in [0.4, 0.5) is 5.69 Å². The molecule has 0 saturated carbocycles. The first-order valence-corrected chi connectivity index (χ1v) is 10.9. The largest absolute Gasteiger partial charge is 0.486 e. The van der Waals surface area contributed by atoms with E-state index in [9.17, 15) is 14.4 Å². The number of amides is 2. The highest BCUT2D eigenvalue weighted by Crippen LogP contribution is 2.30. The number of nitrogens with one attached hydrogen (secondary N) is 1. The van der Waals surface area contributed by atoms with Gasteiger partial charge >= 0.3 is 5.97 Å². The minimum Gasteiger partial charge on any atom is -0.486 e. The summed E-state index contributed by atoms with van der Waals surface area (Å²) in [5.41, 5.74) is 1.81. The highest BCUT2D eigenvalue weighted by molar-refractivity contribution is 5.95. The maximum atomic E-state index is 11.9. The van der Waals surface area contributed by atoms with E-state index in [1.165, 1.54) is 0 Å². The third-order valence-corrected chi connectivity index (χ3v) is 5.29. The normalized spacial score (nSPS) is 14.7. The molecule has 9 heteroatoms. The summed E-state index contributed by atoms with van der Waals surface area (Å²) < 4.78 is 21.4. The van der Waals surface area contributed by atoms with Gasteiger partial charge in [0.25, 0.3) is 5.91 Å². The number of hydrogen-bond acceptors (Lipinski definition) is 7. The molecule has 2 heterocycles. The Labute approximate surface area is 191 Å². The van der Waals surface area contributed by atoms with Crippen LogP contribution in [0.3, 0.4) is 0 Å². The number of carbonyl (C=O) groups is 3. The summed E-state index contributed by atoms with van der Waals surface area (Å²) in [6, 6.07) is 12.6. The first-order chi connectivity index (χ1) is 16.1. The maximum Gasteiger partial charge on any atom is 0.344 e. The molecule has 0 radical (unpaired) electrons. The highest BCUT2D eigenvalue weighted by atomic mass is 16.6. The van der Waals surface area contributed by atoms with Gasteiger partial charge in [0.1, 0.15) is 19.0 Å². The standard InChI is InChI=1S/C24H26N2O7/c27-22(25-10-9-17-3-8-20-21(14-17)31-13-12-30-20)15-33-24(29)16-32-19-6-4-18(5-7-19)26-11-1-2-23(26)28/h3-8,14H,1-2,9-13,15-16H2,(H,25,27). The lowest BCUT2D eigenvalue weighted by Gasteiger charge is -2.18. The van der Waals surface area contributed by atoms with E-state index in [1.54, 1.807) is 29.2 Å². The minimum absolute atomic E-state index is 0.108. The van der Waals surface area contributed by atoms with Gasteiger partial charge in [-0.05, 0) is 54.8 Å². The fourth-order valence-electron chi connectivity index (χ4n) is 3.61. The predicted octanol–water partition coefficient (Wildman–Crippen LogP) is 1.87. The molecule has 4 rings (SSSR count). The number of benzene rings is 2. The molecule has 9 nitrogen and oxygen atoms in total. The van der Waals surface area contributed by atoms with Crippen molar-refractivity contribution in [1.82, 2.24) is 5.32 Å². The van der Waals surface area contributed by atoms with Crippen LogP contribution in [-0.2, 0) is 25.5 Å². The summed E-state index contributed by atoms with van der Waals surface area (Å²) in [5, 5.41) is 2.72. The van der Waals surface area contributed by atoms with E-state index in [0.29, 0.717) is 50.6 Å². The van der Waals surface area contributed by atoms with E-state index < -0.39 is 5.97 Å². The second-order valence-electron chi connectivity index (χ2n) is 7.67. The average Bonchev–Trinajstić information content (AvgIpc) is 3.27. The molecule has 2 aliphatic heterocycles. The van der Waals surface area contributed by atoms with Gasteiger partial charge in [-0.3, -0.25) is 9.59 Å². The molecular weight excluding hydrogens is 428 g/mol.